The van der Waals surface area contributed by atoms with Crippen molar-refractivity contribution in [3.05, 3.63) is 71.3 Å². The first-order valence-corrected chi connectivity index (χ1v) is 6.90. The van der Waals surface area contributed by atoms with Gasteiger partial charge in [0, 0.05) is 12.0 Å². The minimum Gasteiger partial charge on any atom is -0.493 e. The second-order valence-corrected chi connectivity index (χ2v) is 4.82. The molecule has 3 heteroatoms. The van der Waals surface area contributed by atoms with Gasteiger partial charge in [-0.3, -0.25) is 0 Å². The summed E-state index contributed by atoms with van der Waals surface area (Å²) >= 11 is 0. The number of benzene rings is 2. The van der Waals surface area contributed by atoms with Gasteiger partial charge in [0.15, 0.2) is 0 Å². The zero-order valence-electron chi connectivity index (χ0n) is 11.8. The highest BCUT2D eigenvalue weighted by Gasteiger charge is 2.17. The van der Waals surface area contributed by atoms with Crippen molar-refractivity contribution in [2.45, 2.75) is 6.42 Å². The number of esters is 1. The van der Waals surface area contributed by atoms with Crippen molar-refractivity contribution in [2.24, 2.45) is 0 Å². The summed E-state index contributed by atoms with van der Waals surface area (Å²) in [5, 5.41) is 0. The summed E-state index contributed by atoms with van der Waals surface area (Å²) in [5.41, 5.74) is 3.67. The third-order valence-electron chi connectivity index (χ3n) is 3.50. The smallest absolute Gasteiger partial charge is 0.337 e. The van der Waals surface area contributed by atoms with Gasteiger partial charge in [-0.1, -0.05) is 36.4 Å². The Hall–Kier alpha value is -2.55. The molecule has 0 bridgehead atoms. The quantitative estimate of drug-likeness (QED) is 0.787. The number of ether oxygens (including phenoxy) is 2. The van der Waals surface area contributed by atoms with E-state index in [-0.39, 0.29) is 5.97 Å². The fraction of sp³-hybridized carbons (Fsp3) is 0.167. The number of carbonyl (C=O) groups excluding carboxylic acids is 1. The highest BCUT2D eigenvalue weighted by molar-refractivity contribution is 5.93. The number of hydrogen-bond acceptors (Lipinski definition) is 3. The van der Waals surface area contributed by atoms with Crippen LogP contribution in [0.3, 0.4) is 0 Å². The number of fused-ring (bicyclic) bond motifs is 1. The number of rotatable bonds is 2. The lowest BCUT2D eigenvalue weighted by Gasteiger charge is -2.12. The lowest BCUT2D eigenvalue weighted by Crippen LogP contribution is -2.03. The van der Waals surface area contributed by atoms with E-state index in [0.717, 1.165) is 28.9 Å². The number of methoxy groups -OCH3 is 1. The molecule has 0 amide bonds. The van der Waals surface area contributed by atoms with E-state index in [1.165, 1.54) is 7.11 Å². The summed E-state index contributed by atoms with van der Waals surface area (Å²) < 4.78 is 10.6. The second-order valence-electron chi connectivity index (χ2n) is 4.82. The molecule has 3 rings (SSSR count). The molecule has 2 aromatic carbocycles. The van der Waals surface area contributed by atoms with Gasteiger partial charge < -0.3 is 9.47 Å². The molecule has 2 aromatic rings. The van der Waals surface area contributed by atoms with E-state index in [9.17, 15) is 4.79 Å². The van der Waals surface area contributed by atoms with Crippen LogP contribution in [-0.4, -0.2) is 19.7 Å². The molecular formula is C18H16O3. The maximum Gasteiger partial charge on any atom is 0.337 e. The summed E-state index contributed by atoms with van der Waals surface area (Å²) in [7, 11) is 1.39. The normalized spacial score (nSPS) is 13.5. The molecule has 21 heavy (non-hydrogen) atoms. The van der Waals surface area contributed by atoms with Crippen molar-refractivity contribution in [3.8, 4) is 5.75 Å². The van der Waals surface area contributed by atoms with Crippen LogP contribution in [0.1, 0.15) is 27.9 Å². The molecular weight excluding hydrogens is 264 g/mol. The molecule has 0 unspecified atom stereocenters. The topological polar surface area (TPSA) is 35.5 Å². The van der Waals surface area contributed by atoms with Crippen molar-refractivity contribution in [1.29, 1.82) is 0 Å². The Balaban J connectivity index is 2.13. The van der Waals surface area contributed by atoms with Crippen LogP contribution in [0.25, 0.3) is 5.57 Å². The molecule has 106 valence electrons. The molecule has 3 nitrogen and oxygen atoms in total. The maximum atomic E-state index is 11.7. The van der Waals surface area contributed by atoms with Crippen molar-refractivity contribution in [3.63, 3.8) is 0 Å². The molecule has 0 aromatic heterocycles. The lowest BCUT2D eigenvalue weighted by atomic mass is 9.95. The van der Waals surface area contributed by atoms with Gasteiger partial charge in [-0.05, 0) is 29.3 Å². The van der Waals surface area contributed by atoms with Crippen molar-refractivity contribution < 1.29 is 14.3 Å². The van der Waals surface area contributed by atoms with E-state index >= 15 is 0 Å². The van der Waals surface area contributed by atoms with E-state index in [2.05, 4.69) is 18.2 Å². The minimum atomic E-state index is -0.338. The van der Waals surface area contributed by atoms with Crippen LogP contribution < -0.4 is 4.74 Å². The molecule has 0 N–H and O–H groups in total. The van der Waals surface area contributed by atoms with Crippen molar-refractivity contribution in [2.75, 3.05) is 13.7 Å². The second kappa shape index (κ2) is 5.83. The molecule has 1 aliphatic heterocycles. The van der Waals surface area contributed by atoms with Crippen LogP contribution in [0.5, 0.6) is 5.75 Å². The van der Waals surface area contributed by atoms with Crippen molar-refractivity contribution in [1.82, 2.24) is 0 Å². The zero-order valence-corrected chi connectivity index (χ0v) is 11.8. The monoisotopic (exact) mass is 280 g/mol. The predicted molar refractivity (Wildman–Crippen MR) is 81.4 cm³/mol. The Morgan fingerprint density at radius 2 is 1.95 bits per heavy atom. The standard InChI is InChI=1S/C18H16O3/c1-20-18(19)14-9-10-17-16(12-14)15(8-5-11-21-17)13-6-3-2-4-7-13/h2-4,6-10,12H,5,11H2,1H3. The summed E-state index contributed by atoms with van der Waals surface area (Å²) in [6.45, 7) is 0.640. The van der Waals surface area contributed by atoms with Gasteiger partial charge in [-0.15, -0.1) is 0 Å². The summed E-state index contributed by atoms with van der Waals surface area (Å²) in [4.78, 5) is 11.7. The predicted octanol–water partition coefficient (Wildman–Crippen LogP) is 3.69. The Kier molecular flexibility index (Phi) is 3.73. The average Bonchev–Trinajstić information content (AvgIpc) is 2.76. The molecule has 0 radical (unpaired) electrons. The van der Waals surface area contributed by atoms with Gasteiger partial charge in [-0.2, -0.15) is 0 Å². The first-order chi connectivity index (χ1) is 10.3. The molecule has 0 fully saturated rings. The molecule has 1 aliphatic rings. The van der Waals surface area contributed by atoms with E-state index < -0.39 is 0 Å². The number of carbonyl (C=O) groups is 1. The number of hydrogen-bond donors (Lipinski definition) is 0. The third-order valence-corrected chi connectivity index (χ3v) is 3.50. The zero-order chi connectivity index (χ0) is 14.7. The summed E-state index contributed by atoms with van der Waals surface area (Å²) in [5.74, 6) is 0.463. The van der Waals surface area contributed by atoms with E-state index in [0.29, 0.717) is 12.2 Å². The largest absolute Gasteiger partial charge is 0.493 e. The first kappa shape index (κ1) is 13.4. The molecule has 0 saturated carbocycles. The Morgan fingerprint density at radius 3 is 2.71 bits per heavy atom. The molecule has 0 saturated heterocycles. The highest BCUT2D eigenvalue weighted by atomic mass is 16.5. The minimum absolute atomic E-state index is 0.338. The van der Waals surface area contributed by atoms with Gasteiger partial charge in [-0.25, -0.2) is 4.79 Å². The summed E-state index contributed by atoms with van der Waals surface area (Å²) in [6, 6.07) is 15.5. The van der Waals surface area contributed by atoms with Gasteiger partial charge in [0.1, 0.15) is 5.75 Å². The Labute approximate surface area is 123 Å². The lowest BCUT2D eigenvalue weighted by molar-refractivity contribution is 0.0600. The molecule has 1 heterocycles. The molecule has 0 aliphatic carbocycles. The van der Waals surface area contributed by atoms with E-state index in [1.54, 1.807) is 6.07 Å². The Bertz CT molecular complexity index is 687. The van der Waals surface area contributed by atoms with Gasteiger partial charge >= 0.3 is 5.97 Å². The van der Waals surface area contributed by atoms with E-state index in [1.807, 2.05) is 30.3 Å². The third kappa shape index (κ3) is 2.68. The molecule has 0 atom stereocenters. The highest BCUT2D eigenvalue weighted by Crippen LogP contribution is 2.34. The maximum absolute atomic E-state index is 11.7. The SMILES string of the molecule is COC(=O)c1ccc2c(c1)C(c1ccccc1)=CCCO2. The van der Waals surface area contributed by atoms with Crippen LogP contribution in [0.15, 0.2) is 54.6 Å². The van der Waals surface area contributed by atoms with Crippen LogP contribution in [0.2, 0.25) is 0 Å². The first-order valence-electron chi connectivity index (χ1n) is 6.90. The van der Waals surface area contributed by atoms with Gasteiger partial charge in [0.05, 0.1) is 19.3 Å². The fourth-order valence-corrected chi connectivity index (χ4v) is 2.48. The Morgan fingerprint density at radius 1 is 1.14 bits per heavy atom. The van der Waals surface area contributed by atoms with Crippen LogP contribution >= 0.6 is 0 Å². The molecule has 0 spiro atoms. The van der Waals surface area contributed by atoms with Gasteiger partial charge in [0.2, 0.25) is 0 Å². The van der Waals surface area contributed by atoms with Crippen LogP contribution in [-0.2, 0) is 4.74 Å². The van der Waals surface area contributed by atoms with Crippen molar-refractivity contribution >= 4 is 11.5 Å². The van der Waals surface area contributed by atoms with Crippen LogP contribution in [0, 0.1) is 0 Å². The average molecular weight is 280 g/mol. The summed E-state index contributed by atoms with van der Waals surface area (Å²) in [6.07, 6.45) is 2.99. The van der Waals surface area contributed by atoms with Gasteiger partial charge in [0.25, 0.3) is 0 Å². The van der Waals surface area contributed by atoms with E-state index in [4.69, 9.17) is 9.47 Å². The van der Waals surface area contributed by atoms with Crippen LogP contribution in [0.4, 0.5) is 0 Å². The fourth-order valence-electron chi connectivity index (χ4n) is 2.48.